The summed E-state index contributed by atoms with van der Waals surface area (Å²) in [6, 6.07) is 16.6. The minimum atomic E-state index is 0.758. The topological polar surface area (TPSA) is 21.3 Å². The Morgan fingerprint density at radius 1 is 0.905 bits per heavy atom. The van der Waals surface area contributed by atoms with Gasteiger partial charge in [-0.25, -0.2) is 0 Å². The Hall–Kier alpha value is -1.32. The Morgan fingerprint density at radius 2 is 1.52 bits per heavy atom. The Morgan fingerprint density at radius 3 is 2.14 bits per heavy atom. The van der Waals surface area contributed by atoms with E-state index in [9.17, 15) is 0 Å². The van der Waals surface area contributed by atoms with Crippen LogP contribution in [-0.4, -0.2) is 19.7 Å². The van der Waals surface area contributed by atoms with Crippen LogP contribution in [0.1, 0.15) is 19.8 Å². The molecule has 0 radical (unpaired) electrons. The van der Waals surface area contributed by atoms with Crippen LogP contribution in [0, 0.1) is 0 Å². The Bertz CT molecular complexity index is 522. The van der Waals surface area contributed by atoms with Gasteiger partial charge in [-0.2, -0.15) is 0 Å². The molecule has 0 bridgehead atoms. The third-order valence-corrected chi connectivity index (χ3v) is 3.75. The molecule has 0 aliphatic rings. The van der Waals surface area contributed by atoms with Crippen LogP contribution < -0.4 is 10.1 Å². The van der Waals surface area contributed by atoms with Crippen LogP contribution in [0.15, 0.2) is 53.0 Å². The number of rotatable bonds is 8. The van der Waals surface area contributed by atoms with Crippen molar-refractivity contribution < 1.29 is 4.74 Å². The summed E-state index contributed by atoms with van der Waals surface area (Å²) in [7, 11) is 0. The predicted octanol–water partition coefficient (Wildman–Crippen LogP) is 4.88. The first kappa shape index (κ1) is 16.1. The van der Waals surface area contributed by atoms with Crippen LogP contribution in [-0.2, 0) is 0 Å². The summed E-state index contributed by atoms with van der Waals surface area (Å²) in [5.41, 5.74) is 2.42. The van der Waals surface area contributed by atoms with E-state index in [2.05, 4.69) is 64.6 Å². The highest BCUT2D eigenvalue weighted by molar-refractivity contribution is 9.10. The molecule has 2 rings (SSSR count). The van der Waals surface area contributed by atoms with E-state index in [4.69, 9.17) is 4.74 Å². The average molecular weight is 348 g/mol. The summed E-state index contributed by atoms with van der Waals surface area (Å²) in [5.74, 6) is 0.936. The Balaban J connectivity index is 1.80. The molecule has 0 spiro atoms. The third kappa shape index (κ3) is 5.52. The summed E-state index contributed by atoms with van der Waals surface area (Å²) in [5, 5.41) is 3.37. The van der Waals surface area contributed by atoms with Crippen LogP contribution in [0.4, 0.5) is 0 Å². The first-order chi connectivity index (χ1) is 10.3. The molecular formula is C18H22BrNO. The van der Waals surface area contributed by atoms with Gasteiger partial charge < -0.3 is 10.1 Å². The molecule has 0 atom stereocenters. The van der Waals surface area contributed by atoms with E-state index in [0.29, 0.717) is 0 Å². The summed E-state index contributed by atoms with van der Waals surface area (Å²) >= 11 is 3.46. The van der Waals surface area contributed by atoms with E-state index in [1.54, 1.807) is 0 Å². The lowest BCUT2D eigenvalue weighted by Crippen LogP contribution is -2.17. The quantitative estimate of drug-likeness (QED) is 0.686. The molecule has 2 nitrogen and oxygen atoms in total. The first-order valence-electron chi connectivity index (χ1n) is 7.49. The van der Waals surface area contributed by atoms with Crippen LogP contribution in [0.5, 0.6) is 5.75 Å². The molecule has 0 saturated heterocycles. The molecule has 0 unspecified atom stereocenters. The van der Waals surface area contributed by atoms with Crippen LogP contribution in [0.25, 0.3) is 11.1 Å². The highest BCUT2D eigenvalue weighted by Gasteiger charge is 1.99. The molecule has 2 aromatic carbocycles. The van der Waals surface area contributed by atoms with Crippen LogP contribution in [0.3, 0.4) is 0 Å². The summed E-state index contributed by atoms with van der Waals surface area (Å²) in [6.07, 6.45) is 2.22. The largest absolute Gasteiger partial charge is 0.494 e. The van der Waals surface area contributed by atoms with E-state index in [1.807, 2.05) is 12.1 Å². The van der Waals surface area contributed by atoms with Crippen molar-refractivity contribution in [3.63, 3.8) is 0 Å². The zero-order chi connectivity index (χ0) is 14.9. The van der Waals surface area contributed by atoms with Gasteiger partial charge in [0.05, 0.1) is 6.61 Å². The van der Waals surface area contributed by atoms with Crippen molar-refractivity contribution >= 4 is 15.9 Å². The van der Waals surface area contributed by atoms with E-state index < -0.39 is 0 Å². The van der Waals surface area contributed by atoms with Gasteiger partial charge in [0.25, 0.3) is 0 Å². The van der Waals surface area contributed by atoms with E-state index >= 15 is 0 Å². The highest BCUT2D eigenvalue weighted by Crippen LogP contribution is 2.24. The van der Waals surface area contributed by atoms with E-state index in [1.165, 1.54) is 17.5 Å². The SMILES string of the molecule is CCCNCCCOc1ccc(-c2ccc(Br)cc2)cc1. The molecular weight excluding hydrogens is 326 g/mol. The standard InChI is InChI=1S/C18H22BrNO/c1-2-12-20-13-3-14-21-18-10-6-16(7-11-18)15-4-8-17(19)9-5-15/h4-11,20H,2-3,12-14H2,1H3. The molecule has 3 heteroatoms. The highest BCUT2D eigenvalue weighted by atomic mass is 79.9. The smallest absolute Gasteiger partial charge is 0.119 e. The minimum Gasteiger partial charge on any atom is -0.494 e. The van der Waals surface area contributed by atoms with Crippen molar-refractivity contribution in [3.8, 4) is 16.9 Å². The molecule has 0 aliphatic carbocycles. The van der Waals surface area contributed by atoms with Gasteiger partial charge in [-0.05, 0) is 61.3 Å². The van der Waals surface area contributed by atoms with Gasteiger partial charge in [-0.1, -0.05) is 47.1 Å². The maximum absolute atomic E-state index is 5.75. The minimum absolute atomic E-state index is 0.758. The molecule has 1 N–H and O–H groups in total. The number of hydrogen-bond donors (Lipinski definition) is 1. The second-order valence-corrected chi connectivity index (χ2v) is 5.90. The number of hydrogen-bond acceptors (Lipinski definition) is 2. The van der Waals surface area contributed by atoms with Crippen molar-refractivity contribution in [2.75, 3.05) is 19.7 Å². The van der Waals surface area contributed by atoms with Crippen LogP contribution in [0.2, 0.25) is 0 Å². The van der Waals surface area contributed by atoms with Gasteiger partial charge in [0, 0.05) is 4.47 Å². The zero-order valence-electron chi connectivity index (χ0n) is 12.4. The van der Waals surface area contributed by atoms with Gasteiger partial charge in [-0.15, -0.1) is 0 Å². The fraction of sp³-hybridized carbons (Fsp3) is 0.333. The second kappa shape index (κ2) is 8.85. The zero-order valence-corrected chi connectivity index (χ0v) is 14.0. The molecule has 112 valence electrons. The first-order valence-corrected chi connectivity index (χ1v) is 8.28. The second-order valence-electron chi connectivity index (χ2n) is 4.98. The molecule has 0 heterocycles. The lowest BCUT2D eigenvalue weighted by Gasteiger charge is -2.08. The predicted molar refractivity (Wildman–Crippen MR) is 92.9 cm³/mol. The van der Waals surface area contributed by atoms with Gasteiger partial charge in [0.15, 0.2) is 0 Å². The molecule has 0 aromatic heterocycles. The third-order valence-electron chi connectivity index (χ3n) is 3.23. The van der Waals surface area contributed by atoms with Crippen molar-refractivity contribution in [3.05, 3.63) is 53.0 Å². The lowest BCUT2D eigenvalue weighted by molar-refractivity contribution is 0.308. The Labute approximate surface area is 135 Å². The van der Waals surface area contributed by atoms with Gasteiger partial charge >= 0.3 is 0 Å². The molecule has 2 aromatic rings. The van der Waals surface area contributed by atoms with Gasteiger partial charge in [0.2, 0.25) is 0 Å². The summed E-state index contributed by atoms with van der Waals surface area (Å²) in [4.78, 5) is 0. The fourth-order valence-electron chi connectivity index (χ4n) is 2.07. The summed E-state index contributed by atoms with van der Waals surface area (Å²) < 4.78 is 6.85. The van der Waals surface area contributed by atoms with Gasteiger partial charge in [-0.3, -0.25) is 0 Å². The molecule has 0 amide bonds. The monoisotopic (exact) mass is 347 g/mol. The van der Waals surface area contributed by atoms with Crippen molar-refractivity contribution in [2.45, 2.75) is 19.8 Å². The Kier molecular flexibility index (Phi) is 6.77. The van der Waals surface area contributed by atoms with Crippen molar-refractivity contribution in [1.82, 2.24) is 5.32 Å². The van der Waals surface area contributed by atoms with Crippen LogP contribution >= 0.6 is 15.9 Å². The molecule has 0 fully saturated rings. The van der Waals surface area contributed by atoms with Crippen molar-refractivity contribution in [2.24, 2.45) is 0 Å². The summed E-state index contributed by atoms with van der Waals surface area (Å²) in [6.45, 7) is 5.04. The average Bonchev–Trinajstić information content (AvgIpc) is 2.52. The maximum Gasteiger partial charge on any atom is 0.119 e. The van der Waals surface area contributed by atoms with E-state index in [-0.39, 0.29) is 0 Å². The number of benzene rings is 2. The van der Waals surface area contributed by atoms with Gasteiger partial charge in [0.1, 0.15) is 5.75 Å². The van der Waals surface area contributed by atoms with E-state index in [0.717, 1.165) is 36.3 Å². The molecule has 0 aliphatic heterocycles. The fourth-order valence-corrected chi connectivity index (χ4v) is 2.34. The number of halogens is 1. The lowest BCUT2D eigenvalue weighted by atomic mass is 10.1. The number of nitrogens with one attached hydrogen (secondary N) is 1. The number of ether oxygens (including phenoxy) is 1. The maximum atomic E-state index is 5.75. The normalized spacial score (nSPS) is 10.6. The molecule has 21 heavy (non-hydrogen) atoms. The molecule has 0 saturated carbocycles. The van der Waals surface area contributed by atoms with Crippen molar-refractivity contribution in [1.29, 1.82) is 0 Å².